The Labute approximate surface area is 172 Å². The molecule has 0 heterocycles. The lowest BCUT2D eigenvalue weighted by molar-refractivity contribution is -0.131. The number of carbonyl (C=O) groups excluding carboxylic acids is 2. The monoisotopic (exact) mass is 399 g/mol. The first-order valence-electron chi connectivity index (χ1n) is 9.21. The Hall–Kier alpha value is -2.31. The first kappa shape index (κ1) is 22.0. The zero-order valence-electron chi connectivity index (χ0n) is 17.3. The van der Waals surface area contributed by atoms with Gasteiger partial charge >= 0.3 is 0 Å². The molecule has 0 bridgehead atoms. The van der Waals surface area contributed by atoms with Crippen LogP contribution in [-0.4, -0.2) is 55.1 Å². The van der Waals surface area contributed by atoms with E-state index < -0.39 is 0 Å². The number of hydrogen-bond acceptors (Lipinski definition) is 4. The summed E-state index contributed by atoms with van der Waals surface area (Å²) < 4.78 is 0. The summed E-state index contributed by atoms with van der Waals surface area (Å²) in [6.07, 6.45) is 2.04. The zero-order valence-corrected chi connectivity index (χ0v) is 18.1. The summed E-state index contributed by atoms with van der Waals surface area (Å²) in [7, 11) is 3.57. The zero-order chi connectivity index (χ0) is 20.7. The van der Waals surface area contributed by atoms with Gasteiger partial charge in [-0.15, -0.1) is 11.8 Å². The minimum absolute atomic E-state index is 0.0176. The van der Waals surface area contributed by atoms with Crippen LogP contribution in [0, 0.1) is 13.8 Å². The summed E-state index contributed by atoms with van der Waals surface area (Å²) in [5.74, 6) is -0.143. The third-order valence-corrected chi connectivity index (χ3v) is 5.45. The van der Waals surface area contributed by atoms with Gasteiger partial charge in [0, 0.05) is 24.2 Å². The number of benzene rings is 2. The van der Waals surface area contributed by atoms with Crippen molar-refractivity contribution in [3.05, 3.63) is 59.2 Å². The first-order chi connectivity index (χ1) is 13.3. The molecule has 2 amide bonds. The van der Waals surface area contributed by atoms with E-state index in [4.69, 9.17) is 0 Å². The van der Waals surface area contributed by atoms with Crippen molar-refractivity contribution >= 4 is 29.3 Å². The Morgan fingerprint density at radius 2 is 1.68 bits per heavy atom. The number of nitrogens with zero attached hydrogens (tertiary/aromatic N) is 2. The molecule has 6 heteroatoms. The van der Waals surface area contributed by atoms with Crippen molar-refractivity contribution < 1.29 is 9.59 Å². The maximum absolute atomic E-state index is 12.5. The Morgan fingerprint density at radius 1 is 1.00 bits per heavy atom. The van der Waals surface area contributed by atoms with Gasteiger partial charge in [0.2, 0.25) is 11.8 Å². The maximum atomic E-state index is 12.5. The molecule has 0 saturated heterocycles. The molecule has 0 aromatic heterocycles. The second-order valence-electron chi connectivity index (χ2n) is 7.07. The number of rotatable bonds is 8. The Bertz CT molecular complexity index is 821. The molecule has 2 aromatic carbocycles. The molecule has 150 valence electrons. The van der Waals surface area contributed by atoms with Crippen LogP contribution in [0.15, 0.2) is 47.4 Å². The molecule has 0 aliphatic rings. The number of hydrogen-bond donors (Lipinski definition) is 1. The number of likely N-dealkylation sites (N-methyl/N-ethyl adjacent to an activating group) is 2. The summed E-state index contributed by atoms with van der Waals surface area (Å²) in [5, 5.41) is 2.93. The first-order valence-corrected chi connectivity index (χ1v) is 10.4. The van der Waals surface area contributed by atoms with E-state index in [1.807, 2.05) is 50.4 Å². The van der Waals surface area contributed by atoms with Gasteiger partial charge < -0.3 is 10.2 Å². The van der Waals surface area contributed by atoms with E-state index in [1.54, 1.807) is 35.7 Å². The van der Waals surface area contributed by atoms with Crippen LogP contribution in [0.3, 0.4) is 0 Å². The van der Waals surface area contributed by atoms with Crippen molar-refractivity contribution in [3.63, 3.8) is 0 Å². The second-order valence-corrected chi connectivity index (χ2v) is 7.95. The summed E-state index contributed by atoms with van der Waals surface area (Å²) in [6.45, 7) is 4.91. The SMILES string of the molecule is CSc1ccc(CN(C)C(=O)CN(C)CC(=O)Nc2cccc(C)c2C)cc1. The van der Waals surface area contributed by atoms with E-state index >= 15 is 0 Å². The molecular weight excluding hydrogens is 370 g/mol. The van der Waals surface area contributed by atoms with Gasteiger partial charge in [0.05, 0.1) is 13.1 Å². The van der Waals surface area contributed by atoms with Crippen LogP contribution >= 0.6 is 11.8 Å². The predicted molar refractivity (Wildman–Crippen MR) is 117 cm³/mol. The van der Waals surface area contributed by atoms with E-state index in [0.29, 0.717) is 6.54 Å². The molecule has 0 fully saturated rings. The van der Waals surface area contributed by atoms with E-state index in [2.05, 4.69) is 17.4 Å². The van der Waals surface area contributed by atoms with Crippen LogP contribution in [0.25, 0.3) is 0 Å². The van der Waals surface area contributed by atoms with Gasteiger partial charge in [-0.05, 0) is 62.0 Å². The molecule has 0 aliphatic carbocycles. The summed E-state index contributed by atoms with van der Waals surface area (Å²) in [5.41, 5.74) is 4.09. The fourth-order valence-electron chi connectivity index (χ4n) is 2.82. The molecule has 0 atom stereocenters. The Kier molecular flexibility index (Phi) is 8.08. The molecule has 2 aromatic rings. The lowest BCUT2D eigenvalue weighted by atomic mass is 10.1. The summed E-state index contributed by atoms with van der Waals surface area (Å²) in [6, 6.07) is 14.0. The van der Waals surface area contributed by atoms with Gasteiger partial charge in [-0.1, -0.05) is 24.3 Å². The van der Waals surface area contributed by atoms with Crippen LogP contribution in [0.1, 0.15) is 16.7 Å². The largest absolute Gasteiger partial charge is 0.340 e. The fraction of sp³-hybridized carbons (Fsp3) is 0.364. The van der Waals surface area contributed by atoms with E-state index in [-0.39, 0.29) is 24.9 Å². The number of anilines is 1. The summed E-state index contributed by atoms with van der Waals surface area (Å²) >= 11 is 1.69. The lowest BCUT2D eigenvalue weighted by Gasteiger charge is -2.22. The topological polar surface area (TPSA) is 52.7 Å². The van der Waals surface area contributed by atoms with Crippen molar-refractivity contribution in [1.29, 1.82) is 0 Å². The summed E-state index contributed by atoms with van der Waals surface area (Å²) in [4.78, 5) is 29.4. The van der Waals surface area contributed by atoms with Crippen molar-refractivity contribution in [2.75, 3.05) is 38.8 Å². The molecule has 0 aliphatic heterocycles. The van der Waals surface area contributed by atoms with Crippen LogP contribution in [0.4, 0.5) is 5.69 Å². The van der Waals surface area contributed by atoms with Crippen molar-refractivity contribution in [2.24, 2.45) is 0 Å². The van der Waals surface area contributed by atoms with Gasteiger partial charge in [0.15, 0.2) is 0 Å². The number of thioether (sulfide) groups is 1. The Balaban J connectivity index is 1.83. The highest BCUT2D eigenvalue weighted by Crippen LogP contribution is 2.18. The molecule has 1 N–H and O–H groups in total. The van der Waals surface area contributed by atoms with Gasteiger partial charge in [-0.3, -0.25) is 14.5 Å². The van der Waals surface area contributed by atoms with Crippen LogP contribution in [0.2, 0.25) is 0 Å². The predicted octanol–water partition coefficient (Wildman–Crippen LogP) is 3.55. The molecule has 2 rings (SSSR count). The van der Waals surface area contributed by atoms with Gasteiger partial charge in [-0.25, -0.2) is 0 Å². The number of nitrogens with one attached hydrogen (secondary N) is 1. The highest BCUT2D eigenvalue weighted by atomic mass is 32.2. The van der Waals surface area contributed by atoms with Gasteiger partial charge in [0.1, 0.15) is 0 Å². The third-order valence-electron chi connectivity index (χ3n) is 4.70. The average Bonchev–Trinajstić information content (AvgIpc) is 2.65. The van der Waals surface area contributed by atoms with E-state index in [9.17, 15) is 9.59 Å². The van der Waals surface area contributed by atoms with Crippen molar-refractivity contribution in [1.82, 2.24) is 9.80 Å². The normalized spacial score (nSPS) is 10.8. The molecule has 0 unspecified atom stereocenters. The van der Waals surface area contributed by atoms with E-state index in [1.165, 1.54) is 4.90 Å². The molecular formula is C22H29N3O2S. The lowest BCUT2D eigenvalue weighted by Crippen LogP contribution is -2.39. The van der Waals surface area contributed by atoms with E-state index in [0.717, 1.165) is 22.4 Å². The number of aryl methyl sites for hydroxylation is 1. The molecule has 0 spiro atoms. The Morgan fingerprint density at radius 3 is 2.32 bits per heavy atom. The smallest absolute Gasteiger partial charge is 0.238 e. The minimum Gasteiger partial charge on any atom is -0.340 e. The quantitative estimate of drug-likeness (QED) is 0.690. The average molecular weight is 400 g/mol. The standard InChI is InChI=1S/C22H29N3O2S/c1-16-7-6-8-20(17(16)2)23-21(26)14-24(3)15-22(27)25(4)13-18-9-11-19(28-5)12-10-18/h6-12H,13-15H2,1-5H3,(H,23,26). The molecule has 28 heavy (non-hydrogen) atoms. The minimum atomic E-state index is -0.126. The van der Waals surface area contributed by atoms with Crippen molar-refractivity contribution in [3.8, 4) is 0 Å². The fourth-order valence-corrected chi connectivity index (χ4v) is 3.23. The highest BCUT2D eigenvalue weighted by molar-refractivity contribution is 7.98. The van der Waals surface area contributed by atoms with Crippen molar-refractivity contribution in [2.45, 2.75) is 25.3 Å². The molecule has 0 saturated carbocycles. The van der Waals surface area contributed by atoms with Crippen LogP contribution in [-0.2, 0) is 16.1 Å². The van der Waals surface area contributed by atoms with Gasteiger partial charge in [-0.2, -0.15) is 0 Å². The third kappa shape index (κ3) is 6.39. The number of carbonyl (C=O) groups is 2. The maximum Gasteiger partial charge on any atom is 0.238 e. The molecule has 5 nitrogen and oxygen atoms in total. The van der Waals surface area contributed by atoms with Crippen LogP contribution < -0.4 is 5.32 Å². The number of amides is 2. The molecule has 0 radical (unpaired) electrons. The van der Waals surface area contributed by atoms with Gasteiger partial charge in [0.25, 0.3) is 0 Å². The highest BCUT2D eigenvalue weighted by Gasteiger charge is 2.15. The second kappa shape index (κ2) is 10.3. The van der Waals surface area contributed by atoms with Crippen LogP contribution in [0.5, 0.6) is 0 Å².